The van der Waals surface area contributed by atoms with Gasteiger partial charge in [-0.2, -0.15) is 0 Å². The van der Waals surface area contributed by atoms with E-state index < -0.39 is 0 Å². The van der Waals surface area contributed by atoms with Crippen molar-refractivity contribution in [2.75, 3.05) is 0 Å². The van der Waals surface area contributed by atoms with E-state index in [0.29, 0.717) is 11.5 Å². The van der Waals surface area contributed by atoms with Crippen molar-refractivity contribution >= 4 is 32.3 Å². The van der Waals surface area contributed by atoms with Gasteiger partial charge in [0.1, 0.15) is 11.5 Å². The highest BCUT2D eigenvalue weighted by molar-refractivity contribution is 6.23. The van der Waals surface area contributed by atoms with Gasteiger partial charge in [0, 0.05) is 22.3 Å². The standard InChI is InChI=1S/C49H52O2/c1-46(2,3)40-29-36(22-26-42(40)51)49(9,10)34-16-12-15-33(27-34)48(7,8)35-21-25-41(50)39(28-35)45(47(4,5)6)38-24-20-32-18-17-30-13-11-14-31-19-23-37(38)44(32)43(30)31/h11-29,45,50-51H,1-10H3. The summed E-state index contributed by atoms with van der Waals surface area (Å²) in [6.45, 7) is 22.4. The first-order valence-corrected chi connectivity index (χ1v) is 18.3. The van der Waals surface area contributed by atoms with Crippen molar-refractivity contribution in [1.82, 2.24) is 0 Å². The largest absolute Gasteiger partial charge is 0.508 e. The molecule has 0 heterocycles. The van der Waals surface area contributed by atoms with Crippen LogP contribution in [0.3, 0.4) is 0 Å². The Morgan fingerprint density at radius 2 is 0.922 bits per heavy atom. The zero-order chi connectivity index (χ0) is 36.7. The highest BCUT2D eigenvalue weighted by Gasteiger charge is 2.34. The third kappa shape index (κ3) is 5.83. The molecule has 0 aromatic heterocycles. The molecule has 0 spiro atoms. The van der Waals surface area contributed by atoms with Crippen molar-refractivity contribution < 1.29 is 10.2 Å². The van der Waals surface area contributed by atoms with Gasteiger partial charge < -0.3 is 10.2 Å². The molecule has 0 saturated carbocycles. The lowest BCUT2D eigenvalue weighted by atomic mass is 9.68. The first kappa shape index (κ1) is 34.6. The minimum atomic E-state index is -0.342. The lowest BCUT2D eigenvalue weighted by Gasteiger charge is -2.35. The van der Waals surface area contributed by atoms with Gasteiger partial charge in [0.2, 0.25) is 0 Å². The number of rotatable bonds is 6. The Balaban J connectivity index is 1.34. The zero-order valence-corrected chi connectivity index (χ0v) is 31.9. The highest BCUT2D eigenvalue weighted by Crippen LogP contribution is 2.49. The summed E-state index contributed by atoms with van der Waals surface area (Å²) in [5.74, 6) is 0.627. The maximum absolute atomic E-state index is 11.7. The fourth-order valence-corrected chi connectivity index (χ4v) is 8.44. The SMILES string of the molecule is CC(C)(C)c1cc(C(C)(C)c2cccc(C(C)(C)c3ccc(O)c(C(c4ccc5ccc6cccc7ccc4c5c67)C(C)(C)C)c3)c2)ccc1O. The molecule has 0 amide bonds. The molecule has 0 fully saturated rings. The van der Waals surface area contributed by atoms with Crippen LogP contribution in [0.2, 0.25) is 0 Å². The van der Waals surface area contributed by atoms with E-state index in [1.807, 2.05) is 12.1 Å². The van der Waals surface area contributed by atoms with E-state index in [-0.39, 0.29) is 27.6 Å². The summed E-state index contributed by atoms with van der Waals surface area (Å²) in [6, 6.07) is 41.4. The van der Waals surface area contributed by atoms with E-state index in [1.54, 1.807) is 0 Å². The van der Waals surface area contributed by atoms with Crippen LogP contribution in [0, 0.1) is 5.41 Å². The second-order valence-electron chi connectivity index (χ2n) is 17.9. The van der Waals surface area contributed by atoms with E-state index in [9.17, 15) is 10.2 Å². The van der Waals surface area contributed by atoms with Crippen LogP contribution in [0.5, 0.6) is 11.5 Å². The first-order valence-electron chi connectivity index (χ1n) is 18.3. The van der Waals surface area contributed by atoms with Gasteiger partial charge >= 0.3 is 0 Å². The fraction of sp³-hybridized carbons (Fsp3) is 0.306. The smallest absolute Gasteiger partial charge is 0.119 e. The van der Waals surface area contributed by atoms with E-state index >= 15 is 0 Å². The predicted molar refractivity (Wildman–Crippen MR) is 217 cm³/mol. The third-order valence-electron chi connectivity index (χ3n) is 11.6. The molecule has 0 saturated heterocycles. The van der Waals surface area contributed by atoms with Gasteiger partial charge in [-0.1, -0.05) is 172 Å². The Kier molecular flexibility index (Phi) is 8.06. The molecule has 2 heteroatoms. The summed E-state index contributed by atoms with van der Waals surface area (Å²) >= 11 is 0. The summed E-state index contributed by atoms with van der Waals surface area (Å²) in [5, 5.41) is 30.0. The minimum absolute atomic E-state index is 0.0467. The molecule has 0 aliphatic rings. The van der Waals surface area contributed by atoms with E-state index in [2.05, 4.69) is 172 Å². The third-order valence-corrected chi connectivity index (χ3v) is 11.6. The van der Waals surface area contributed by atoms with Crippen molar-refractivity contribution in [1.29, 1.82) is 0 Å². The van der Waals surface area contributed by atoms with Crippen molar-refractivity contribution in [2.24, 2.45) is 5.41 Å². The highest BCUT2D eigenvalue weighted by atomic mass is 16.3. The monoisotopic (exact) mass is 672 g/mol. The molecule has 260 valence electrons. The van der Waals surface area contributed by atoms with E-state index in [0.717, 1.165) is 16.7 Å². The van der Waals surface area contributed by atoms with Crippen LogP contribution in [0.4, 0.5) is 0 Å². The molecule has 0 bridgehead atoms. The zero-order valence-electron chi connectivity index (χ0n) is 31.9. The Hall–Kier alpha value is -4.82. The Bertz CT molecular complexity index is 2400. The normalized spacial score (nSPS) is 13.8. The van der Waals surface area contributed by atoms with Crippen molar-refractivity contribution in [3.8, 4) is 11.5 Å². The van der Waals surface area contributed by atoms with Gasteiger partial charge in [-0.25, -0.2) is 0 Å². The topological polar surface area (TPSA) is 40.5 Å². The van der Waals surface area contributed by atoms with Crippen LogP contribution >= 0.6 is 0 Å². The van der Waals surface area contributed by atoms with Crippen LogP contribution in [0.25, 0.3) is 32.3 Å². The van der Waals surface area contributed by atoms with Gasteiger partial charge in [-0.05, 0) is 88.7 Å². The molecule has 7 rings (SSSR count). The lowest BCUT2D eigenvalue weighted by molar-refractivity contribution is 0.348. The van der Waals surface area contributed by atoms with Crippen LogP contribution in [-0.2, 0) is 16.2 Å². The molecular formula is C49H52O2. The Labute approximate surface area is 304 Å². The van der Waals surface area contributed by atoms with Crippen molar-refractivity contribution in [3.63, 3.8) is 0 Å². The molecule has 0 radical (unpaired) electrons. The van der Waals surface area contributed by atoms with E-state index in [4.69, 9.17) is 0 Å². The Morgan fingerprint density at radius 1 is 0.431 bits per heavy atom. The molecule has 51 heavy (non-hydrogen) atoms. The maximum atomic E-state index is 11.7. The molecule has 1 atom stereocenters. The van der Waals surface area contributed by atoms with Gasteiger partial charge in [0.15, 0.2) is 0 Å². The van der Waals surface area contributed by atoms with E-state index in [1.165, 1.54) is 54.6 Å². The van der Waals surface area contributed by atoms with Crippen LogP contribution in [0.1, 0.15) is 114 Å². The van der Waals surface area contributed by atoms with Crippen LogP contribution in [0.15, 0.2) is 115 Å². The molecule has 0 aliphatic heterocycles. The van der Waals surface area contributed by atoms with Crippen molar-refractivity contribution in [2.45, 2.75) is 91.4 Å². The summed E-state index contributed by atoms with van der Waals surface area (Å²) in [4.78, 5) is 0. The van der Waals surface area contributed by atoms with Crippen LogP contribution < -0.4 is 0 Å². The van der Waals surface area contributed by atoms with Crippen molar-refractivity contribution in [3.05, 3.63) is 154 Å². The molecule has 0 aliphatic carbocycles. The number of benzene rings is 7. The average molecular weight is 673 g/mol. The second kappa shape index (κ2) is 11.9. The fourth-order valence-electron chi connectivity index (χ4n) is 8.44. The van der Waals surface area contributed by atoms with Gasteiger partial charge in [-0.3, -0.25) is 0 Å². The average Bonchev–Trinajstić information content (AvgIpc) is 3.07. The summed E-state index contributed by atoms with van der Waals surface area (Å²) in [6.07, 6.45) is 0. The Morgan fingerprint density at radius 3 is 1.51 bits per heavy atom. The number of hydrogen-bond donors (Lipinski definition) is 2. The molecule has 2 N–H and O–H groups in total. The molecular weight excluding hydrogens is 621 g/mol. The van der Waals surface area contributed by atoms with Crippen LogP contribution in [-0.4, -0.2) is 10.2 Å². The quantitative estimate of drug-likeness (QED) is 0.173. The number of hydrogen-bond acceptors (Lipinski definition) is 2. The minimum Gasteiger partial charge on any atom is -0.508 e. The molecule has 1 unspecified atom stereocenters. The lowest BCUT2D eigenvalue weighted by Crippen LogP contribution is -2.24. The van der Waals surface area contributed by atoms with Gasteiger partial charge in [0.05, 0.1) is 0 Å². The molecule has 2 nitrogen and oxygen atoms in total. The number of aromatic hydroxyl groups is 2. The second-order valence-corrected chi connectivity index (χ2v) is 17.9. The first-order chi connectivity index (χ1) is 23.9. The summed E-state index contributed by atoms with van der Waals surface area (Å²) in [5.41, 5.74) is 6.96. The van der Waals surface area contributed by atoms with Gasteiger partial charge in [-0.15, -0.1) is 0 Å². The molecule has 7 aromatic carbocycles. The molecule has 7 aromatic rings. The maximum Gasteiger partial charge on any atom is 0.119 e. The summed E-state index contributed by atoms with van der Waals surface area (Å²) < 4.78 is 0. The summed E-state index contributed by atoms with van der Waals surface area (Å²) in [7, 11) is 0. The predicted octanol–water partition coefficient (Wildman–Crippen LogP) is 13.1. The number of phenolic OH excluding ortho intramolecular Hbond substituents is 2. The van der Waals surface area contributed by atoms with Gasteiger partial charge in [0.25, 0.3) is 0 Å². The number of phenols is 2.